The molecular formula is C29H36FN9O5. The number of halogens is 1. The average molecular weight is 610 g/mol. The van der Waals surface area contributed by atoms with Crippen LogP contribution in [0.3, 0.4) is 0 Å². The van der Waals surface area contributed by atoms with Crippen LogP contribution < -0.4 is 21.8 Å². The third-order valence-electron chi connectivity index (χ3n) is 7.13. The summed E-state index contributed by atoms with van der Waals surface area (Å²) in [5.74, 6) is -0.863. The number of unbranched alkanes of at least 4 members (excludes halogenated alkanes) is 3. The standard InChI is InChI=1S/C16H19FN6O.C13H17N3O4/c1-2-3-4-5-8-18-15-12(17)9-19-14(20-15)11-6-7-13-21-22-16(24)23(13)10-11;1-8(2)15-3-4-16-9(6-14-7-17)5-10(18)12(19)11(16)13(15)20/h6-7,9-10H,2-5,8H2,1H3,(H,22,24)(H,18,19,20);5,7-8,19H,3-4,6H2,1-2H3,(H,14,17). The van der Waals surface area contributed by atoms with Crippen LogP contribution in [-0.2, 0) is 17.9 Å². The first-order valence-electron chi connectivity index (χ1n) is 14.4. The molecule has 4 aromatic heterocycles. The average Bonchev–Trinajstić information content (AvgIpc) is 3.38. The lowest BCUT2D eigenvalue weighted by molar-refractivity contribution is -0.109. The van der Waals surface area contributed by atoms with Crippen molar-refractivity contribution in [2.24, 2.45) is 0 Å². The number of aromatic amines is 1. The Bertz CT molecular complexity index is 1750. The third-order valence-corrected chi connectivity index (χ3v) is 7.13. The van der Waals surface area contributed by atoms with Gasteiger partial charge in [-0.2, -0.15) is 5.10 Å². The SMILES string of the molecule is CC(C)N1CCn2c(CNC=O)cc(=O)c(O)c2C1=O.CCCCCCNc1nc(-c2ccc3n[nH]c(=O)n3c2)ncc1F. The number of anilines is 1. The number of carbonyl (C=O) groups is 2. The smallest absolute Gasteiger partial charge is 0.347 e. The number of H-pyrrole nitrogens is 1. The van der Waals surface area contributed by atoms with Gasteiger partial charge in [-0.05, 0) is 32.4 Å². The summed E-state index contributed by atoms with van der Waals surface area (Å²) in [4.78, 5) is 56.0. The number of aromatic hydroxyl groups is 1. The number of fused-ring (bicyclic) bond motifs is 2. The van der Waals surface area contributed by atoms with Gasteiger partial charge in [-0.15, -0.1) is 0 Å². The maximum absolute atomic E-state index is 13.9. The van der Waals surface area contributed by atoms with Crippen LogP contribution in [0.15, 0.2) is 40.2 Å². The Morgan fingerprint density at radius 2 is 1.95 bits per heavy atom. The molecule has 1 aliphatic heterocycles. The second-order valence-electron chi connectivity index (χ2n) is 10.5. The van der Waals surface area contributed by atoms with E-state index in [1.54, 1.807) is 27.8 Å². The fourth-order valence-corrected chi connectivity index (χ4v) is 4.82. The number of rotatable bonds is 11. The first-order chi connectivity index (χ1) is 21.2. The molecule has 0 saturated heterocycles. The van der Waals surface area contributed by atoms with Crippen molar-refractivity contribution < 1.29 is 19.1 Å². The monoisotopic (exact) mass is 609 g/mol. The summed E-state index contributed by atoms with van der Waals surface area (Å²) in [5, 5.41) is 21.6. The van der Waals surface area contributed by atoms with Crippen LogP contribution >= 0.6 is 0 Å². The van der Waals surface area contributed by atoms with E-state index in [4.69, 9.17) is 0 Å². The van der Waals surface area contributed by atoms with Crippen molar-refractivity contribution in [3.05, 3.63) is 68.5 Å². The summed E-state index contributed by atoms with van der Waals surface area (Å²) >= 11 is 0. The number of nitrogens with one attached hydrogen (secondary N) is 3. The van der Waals surface area contributed by atoms with Gasteiger partial charge in [-0.25, -0.2) is 28.7 Å². The lowest BCUT2D eigenvalue weighted by Gasteiger charge is -2.34. The van der Waals surface area contributed by atoms with Gasteiger partial charge in [0.1, 0.15) is 0 Å². The number of carbonyl (C=O) groups excluding carboxylic acids is 2. The lowest BCUT2D eigenvalue weighted by Crippen LogP contribution is -2.46. The summed E-state index contributed by atoms with van der Waals surface area (Å²) in [6.07, 6.45) is 7.63. The summed E-state index contributed by atoms with van der Waals surface area (Å²) < 4.78 is 16.8. The highest BCUT2D eigenvalue weighted by Gasteiger charge is 2.31. The van der Waals surface area contributed by atoms with Crippen LogP contribution in [0.25, 0.3) is 17.0 Å². The highest BCUT2D eigenvalue weighted by Crippen LogP contribution is 2.23. The molecule has 0 bridgehead atoms. The third kappa shape index (κ3) is 7.10. The minimum absolute atomic E-state index is 0.000138. The van der Waals surface area contributed by atoms with Crippen molar-refractivity contribution in [2.45, 2.75) is 65.6 Å². The Hall–Kier alpha value is -5.08. The fourth-order valence-electron chi connectivity index (χ4n) is 4.82. The zero-order chi connectivity index (χ0) is 31.8. The molecule has 2 amide bonds. The first kappa shape index (κ1) is 31.8. The molecule has 0 saturated carbocycles. The van der Waals surface area contributed by atoms with Gasteiger partial charge in [-0.3, -0.25) is 14.4 Å². The van der Waals surface area contributed by atoms with Crippen LogP contribution in [0.2, 0.25) is 0 Å². The molecule has 44 heavy (non-hydrogen) atoms. The predicted octanol–water partition coefficient (Wildman–Crippen LogP) is 2.27. The molecule has 0 radical (unpaired) electrons. The summed E-state index contributed by atoms with van der Waals surface area (Å²) in [5.41, 5.74) is 0.660. The number of aromatic nitrogens is 6. The Balaban J connectivity index is 0.000000204. The predicted molar refractivity (Wildman–Crippen MR) is 161 cm³/mol. The Kier molecular flexibility index (Phi) is 10.4. The topological polar surface area (TPSA) is 180 Å². The summed E-state index contributed by atoms with van der Waals surface area (Å²) in [7, 11) is 0. The van der Waals surface area contributed by atoms with Crippen molar-refractivity contribution in [1.29, 1.82) is 0 Å². The van der Waals surface area contributed by atoms with Gasteiger partial charge in [0.05, 0.1) is 12.7 Å². The Labute approximate surface area is 252 Å². The maximum Gasteiger partial charge on any atom is 0.347 e. The van der Waals surface area contributed by atoms with Gasteiger partial charge in [0.15, 0.2) is 34.6 Å². The molecule has 1 aliphatic rings. The van der Waals surface area contributed by atoms with E-state index in [9.17, 15) is 28.7 Å². The highest BCUT2D eigenvalue weighted by atomic mass is 19.1. The van der Waals surface area contributed by atoms with Gasteiger partial charge in [0.25, 0.3) is 5.91 Å². The van der Waals surface area contributed by atoms with E-state index in [-0.39, 0.29) is 35.7 Å². The maximum atomic E-state index is 13.9. The molecule has 234 valence electrons. The van der Waals surface area contributed by atoms with Gasteiger partial charge < -0.3 is 25.2 Å². The number of hydrogen-bond donors (Lipinski definition) is 4. The second-order valence-corrected chi connectivity index (χ2v) is 10.5. The number of pyridine rings is 2. The molecule has 0 unspecified atom stereocenters. The molecule has 0 spiro atoms. The van der Waals surface area contributed by atoms with Crippen molar-refractivity contribution in [2.75, 3.05) is 18.4 Å². The normalized spacial score (nSPS) is 12.6. The molecule has 4 N–H and O–H groups in total. The highest BCUT2D eigenvalue weighted by molar-refractivity contribution is 5.96. The molecular weight excluding hydrogens is 573 g/mol. The van der Waals surface area contributed by atoms with Gasteiger partial charge in [0, 0.05) is 49.2 Å². The van der Waals surface area contributed by atoms with Gasteiger partial charge in [0.2, 0.25) is 11.8 Å². The van der Waals surface area contributed by atoms with Gasteiger partial charge >= 0.3 is 5.69 Å². The van der Waals surface area contributed by atoms with Crippen LogP contribution in [0.4, 0.5) is 10.2 Å². The van der Waals surface area contributed by atoms with E-state index in [2.05, 4.69) is 37.7 Å². The zero-order valence-corrected chi connectivity index (χ0v) is 24.8. The second kappa shape index (κ2) is 14.4. The molecule has 14 nitrogen and oxygen atoms in total. The van der Waals surface area contributed by atoms with E-state index < -0.39 is 17.0 Å². The Morgan fingerprint density at radius 3 is 2.68 bits per heavy atom. The number of hydrogen-bond acceptors (Lipinski definition) is 9. The van der Waals surface area contributed by atoms with Crippen molar-refractivity contribution >= 4 is 23.8 Å². The lowest BCUT2D eigenvalue weighted by atomic mass is 10.1. The molecule has 0 fully saturated rings. The van der Waals surface area contributed by atoms with Crippen molar-refractivity contribution in [1.82, 2.24) is 39.3 Å². The summed E-state index contributed by atoms with van der Waals surface area (Å²) in [6.45, 7) is 7.67. The molecule has 0 aliphatic carbocycles. The van der Waals surface area contributed by atoms with Crippen LogP contribution in [0.1, 0.15) is 62.6 Å². The fraction of sp³-hybridized carbons (Fsp3) is 0.414. The van der Waals surface area contributed by atoms with Crippen LogP contribution in [0.5, 0.6) is 5.75 Å². The zero-order valence-electron chi connectivity index (χ0n) is 24.8. The summed E-state index contributed by atoms with van der Waals surface area (Å²) in [6, 6.07) is 4.65. The van der Waals surface area contributed by atoms with Gasteiger partial charge in [-0.1, -0.05) is 26.2 Å². The van der Waals surface area contributed by atoms with Crippen molar-refractivity contribution in [3.63, 3.8) is 0 Å². The number of nitrogens with zero attached hydrogens (tertiary/aromatic N) is 6. The molecule has 15 heteroatoms. The molecule has 5 heterocycles. The van der Waals surface area contributed by atoms with E-state index in [0.29, 0.717) is 48.8 Å². The van der Waals surface area contributed by atoms with E-state index in [1.807, 2.05) is 13.8 Å². The van der Waals surface area contributed by atoms with E-state index >= 15 is 0 Å². The van der Waals surface area contributed by atoms with Crippen LogP contribution in [-0.4, -0.2) is 70.6 Å². The minimum atomic E-state index is -0.613. The molecule has 0 aromatic carbocycles. The minimum Gasteiger partial charge on any atom is -0.503 e. The molecule has 0 atom stereocenters. The van der Waals surface area contributed by atoms with E-state index in [0.717, 1.165) is 25.5 Å². The van der Waals surface area contributed by atoms with Crippen molar-refractivity contribution in [3.8, 4) is 17.1 Å². The van der Waals surface area contributed by atoms with E-state index in [1.165, 1.54) is 16.9 Å². The van der Waals surface area contributed by atoms with Crippen LogP contribution in [0, 0.1) is 5.82 Å². The quantitative estimate of drug-likeness (QED) is 0.147. The molecule has 5 rings (SSSR count). The Morgan fingerprint density at radius 1 is 1.16 bits per heavy atom. The number of amides is 2. The molecule has 4 aromatic rings. The first-order valence-corrected chi connectivity index (χ1v) is 14.4. The largest absolute Gasteiger partial charge is 0.503 e.